The van der Waals surface area contributed by atoms with Gasteiger partial charge in [0.15, 0.2) is 6.17 Å². The summed E-state index contributed by atoms with van der Waals surface area (Å²) >= 11 is 0. The fraction of sp³-hybridized carbons (Fsp3) is 0.480. The lowest BCUT2D eigenvalue weighted by atomic mass is 9.90. The van der Waals surface area contributed by atoms with Gasteiger partial charge < -0.3 is 20.9 Å². The average molecular weight is 474 g/mol. The van der Waals surface area contributed by atoms with Gasteiger partial charge in [0.25, 0.3) is 5.91 Å². The molecule has 5 rings (SSSR count). The van der Waals surface area contributed by atoms with Crippen LogP contribution in [0.3, 0.4) is 0 Å². The molecule has 2 aromatic carbocycles. The molecule has 1 unspecified atom stereocenters. The highest BCUT2D eigenvalue weighted by molar-refractivity contribution is 5.93. The fourth-order valence-corrected chi connectivity index (χ4v) is 5.05. The number of halogens is 3. The number of piperidine rings is 1. The Morgan fingerprint density at radius 2 is 1.59 bits per heavy atom. The first-order chi connectivity index (χ1) is 16.4. The molecule has 182 valence electrons. The van der Waals surface area contributed by atoms with Gasteiger partial charge in [-0.1, -0.05) is 18.2 Å². The number of benzene rings is 2. The number of nitrogens with zero attached hydrogens (tertiary/aromatic N) is 2. The van der Waals surface area contributed by atoms with Crippen LogP contribution in [-0.2, 0) is 17.5 Å². The van der Waals surface area contributed by atoms with Gasteiger partial charge in [-0.05, 0) is 67.2 Å². The van der Waals surface area contributed by atoms with Crippen LogP contribution in [0.25, 0.3) is 0 Å². The first-order valence-electron chi connectivity index (χ1n) is 11.9. The summed E-state index contributed by atoms with van der Waals surface area (Å²) in [4.78, 5) is 17.1. The van der Waals surface area contributed by atoms with Gasteiger partial charge in [0, 0.05) is 32.7 Å². The molecule has 2 saturated heterocycles. The summed E-state index contributed by atoms with van der Waals surface area (Å²) in [5, 5.41) is 10.1. The number of carbonyl (C=O) groups is 1. The number of alkyl halides is 3. The Morgan fingerprint density at radius 1 is 0.912 bits per heavy atom. The van der Waals surface area contributed by atoms with Crippen LogP contribution >= 0.6 is 0 Å². The van der Waals surface area contributed by atoms with E-state index in [9.17, 15) is 18.0 Å². The smallest absolute Gasteiger partial charge is 0.356 e. The predicted octanol–water partition coefficient (Wildman–Crippen LogP) is 3.68. The van der Waals surface area contributed by atoms with Crippen LogP contribution in [0.4, 0.5) is 24.5 Å². The van der Waals surface area contributed by atoms with Gasteiger partial charge in [-0.25, -0.2) is 0 Å². The number of hydrogen-bond donors (Lipinski definition) is 3. The summed E-state index contributed by atoms with van der Waals surface area (Å²) in [5.41, 5.74) is 3.46. The van der Waals surface area contributed by atoms with Crippen LogP contribution in [0, 0.1) is 0 Å². The molecule has 3 N–H and O–H groups in total. The van der Waals surface area contributed by atoms with Crippen molar-refractivity contribution in [1.82, 2.24) is 15.1 Å². The molecular weight excluding hydrogens is 443 g/mol. The van der Waals surface area contributed by atoms with Crippen molar-refractivity contribution in [2.24, 2.45) is 0 Å². The molecule has 1 amide bonds. The molecule has 1 atom stereocenters. The van der Waals surface area contributed by atoms with E-state index in [4.69, 9.17) is 0 Å². The van der Waals surface area contributed by atoms with Crippen molar-refractivity contribution >= 4 is 17.3 Å². The second kappa shape index (κ2) is 9.46. The number of amides is 1. The number of anilines is 2. The van der Waals surface area contributed by atoms with E-state index in [-0.39, 0.29) is 5.91 Å². The van der Waals surface area contributed by atoms with Gasteiger partial charge in [0.1, 0.15) is 0 Å². The minimum absolute atomic E-state index is 0.0220. The van der Waals surface area contributed by atoms with E-state index in [1.807, 2.05) is 4.90 Å². The lowest BCUT2D eigenvalue weighted by molar-refractivity contribution is -0.137. The molecule has 0 saturated carbocycles. The number of hydrogen-bond acceptors (Lipinski definition) is 5. The fourth-order valence-electron chi connectivity index (χ4n) is 5.05. The van der Waals surface area contributed by atoms with E-state index in [1.54, 1.807) is 0 Å². The summed E-state index contributed by atoms with van der Waals surface area (Å²) in [6.45, 7) is 5.22. The largest absolute Gasteiger partial charge is 0.416 e. The zero-order valence-corrected chi connectivity index (χ0v) is 19.0. The van der Waals surface area contributed by atoms with E-state index in [0.717, 1.165) is 55.0 Å². The van der Waals surface area contributed by atoms with Crippen molar-refractivity contribution < 1.29 is 18.0 Å². The van der Waals surface area contributed by atoms with Gasteiger partial charge in [-0.3, -0.25) is 9.69 Å². The molecule has 9 heteroatoms. The summed E-state index contributed by atoms with van der Waals surface area (Å²) in [7, 11) is 0. The summed E-state index contributed by atoms with van der Waals surface area (Å²) in [5.74, 6) is 0.578. The molecule has 2 fully saturated rings. The summed E-state index contributed by atoms with van der Waals surface area (Å²) in [6.07, 6.45) is -2.53. The summed E-state index contributed by atoms with van der Waals surface area (Å²) in [6, 6.07) is 11.7. The van der Waals surface area contributed by atoms with E-state index in [2.05, 4.69) is 39.0 Å². The Kier molecular flexibility index (Phi) is 6.40. The lowest BCUT2D eigenvalue weighted by Gasteiger charge is -2.36. The van der Waals surface area contributed by atoms with Crippen molar-refractivity contribution in [1.29, 1.82) is 0 Å². The van der Waals surface area contributed by atoms with Crippen LogP contribution in [0.1, 0.15) is 35.4 Å². The second-order valence-corrected chi connectivity index (χ2v) is 9.35. The Bertz CT molecular complexity index is 1010. The number of carbonyl (C=O) groups excluding carboxylic acids is 1. The first-order valence-corrected chi connectivity index (χ1v) is 11.9. The monoisotopic (exact) mass is 473 g/mol. The number of fused-ring (bicyclic) bond motifs is 1. The van der Waals surface area contributed by atoms with Gasteiger partial charge in [-0.15, -0.1) is 0 Å². The van der Waals surface area contributed by atoms with Gasteiger partial charge >= 0.3 is 6.18 Å². The Hall–Kier alpha value is -2.78. The van der Waals surface area contributed by atoms with Crippen LogP contribution in [0.5, 0.6) is 0 Å². The van der Waals surface area contributed by atoms with E-state index in [0.29, 0.717) is 38.6 Å². The minimum atomic E-state index is -4.32. The maximum atomic E-state index is 13.1. The first kappa shape index (κ1) is 23.0. The number of nitrogens with one attached hydrogen (secondary N) is 3. The zero-order chi connectivity index (χ0) is 23.7. The maximum absolute atomic E-state index is 13.1. The molecule has 0 bridgehead atoms. The summed E-state index contributed by atoms with van der Waals surface area (Å²) < 4.78 is 38.3. The third-order valence-electron chi connectivity index (χ3n) is 7.07. The predicted molar refractivity (Wildman–Crippen MR) is 126 cm³/mol. The van der Waals surface area contributed by atoms with Gasteiger partial charge in [0.05, 0.1) is 16.9 Å². The molecule has 34 heavy (non-hydrogen) atoms. The van der Waals surface area contributed by atoms with Crippen LogP contribution in [0.2, 0.25) is 0 Å². The van der Waals surface area contributed by atoms with Crippen LogP contribution in [-0.4, -0.2) is 61.1 Å². The van der Waals surface area contributed by atoms with E-state index in [1.165, 1.54) is 17.7 Å². The molecule has 0 aromatic heterocycles. The molecule has 0 spiro atoms. The number of rotatable bonds is 4. The molecule has 0 aliphatic carbocycles. The molecule has 0 radical (unpaired) electrons. The Balaban J connectivity index is 1.13. The van der Waals surface area contributed by atoms with Crippen molar-refractivity contribution in [2.75, 3.05) is 49.9 Å². The molecule has 6 nitrogen and oxygen atoms in total. The van der Waals surface area contributed by atoms with Crippen LogP contribution in [0.15, 0.2) is 42.5 Å². The second-order valence-electron chi connectivity index (χ2n) is 9.35. The highest BCUT2D eigenvalue weighted by atomic mass is 19.4. The maximum Gasteiger partial charge on any atom is 0.416 e. The van der Waals surface area contributed by atoms with Crippen molar-refractivity contribution in [2.45, 2.75) is 37.6 Å². The third kappa shape index (κ3) is 5.00. The van der Waals surface area contributed by atoms with Gasteiger partial charge in [0.2, 0.25) is 0 Å². The zero-order valence-electron chi connectivity index (χ0n) is 19.0. The van der Waals surface area contributed by atoms with Crippen molar-refractivity contribution in [3.05, 3.63) is 59.2 Å². The Labute approximate surface area is 197 Å². The average Bonchev–Trinajstić information content (AvgIpc) is 3.28. The SMILES string of the molecule is O=C(C1Nc2ccc(C3CCNCC3)cc2N1)N1CCN(Cc2ccc(C(F)(F)F)cc2)CC1. The Morgan fingerprint density at radius 3 is 2.26 bits per heavy atom. The van der Waals surface area contributed by atoms with Gasteiger partial charge in [-0.2, -0.15) is 13.2 Å². The topological polar surface area (TPSA) is 59.6 Å². The molecular formula is C25H30F3N5O. The van der Waals surface area contributed by atoms with Crippen molar-refractivity contribution in [3.63, 3.8) is 0 Å². The molecule has 3 heterocycles. The van der Waals surface area contributed by atoms with E-state index < -0.39 is 17.9 Å². The highest BCUT2D eigenvalue weighted by Crippen LogP contribution is 2.35. The van der Waals surface area contributed by atoms with Crippen molar-refractivity contribution in [3.8, 4) is 0 Å². The normalized spacial score (nSPS) is 21.6. The standard InChI is InChI=1S/C25H30F3N5O/c26-25(27,28)20-4-1-17(2-5-20)16-32-11-13-33(14-12-32)24(34)23-30-21-6-3-19(15-22(21)31-23)18-7-9-29-10-8-18/h1-6,15,18,23,29-31H,7-14,16H2. The molecule has 3 aliphatic heterocycles. The molecule has 2 aromatic rings. The molecule has 3 aliphatic rings. The number of piperazine rings is 1. The lowest BCUT2D eigenvalue weighted by Crippen LogP contribution is -2.53. The quantitative estimate of drug-likeness (QED) is 0.633. The highest BCUT2D eigenvalue weighted by Gasteiger charge is 2.33. The van der Waals surface area contributed by atoms with Crippen LogP contribution < -0.4 is 16.0 Å². The minimum Gasteiger partial charge on any atom is -0.356 e. The van der Waals surface area contributed by atoms with E-state index >= 15 is 0 Å². The third-order valence-corrected chi connectivity index (χ3v) is 7.07.